The Morgan fingerprint density at radius 2 is 2.22 bits per heavy atom. The Bertz CT molecular complexity index is 399. The average Bonchev–Trinajstić information content (AvgIpc) is 2.35. The molecule has 0 aromatic carbocycles. The molecule has 1 rings (SSSR count). The highest BCUT2D eigenvalue weighted by Gasteiger charge is 2.13. The average molecular weight is 270 g/mol. The van der Waals surface area contributed by atoms with Crippen LogP contribution in [0.15, 0.2) is 23.2 Å². The monoisotopic (exact) mass is 270 g/mol. The molecule has 0 aliphatic heterocycles. The molecule has 100 valence electrons. The molecule has 0 unspecified atom stereocenters. The van der Waals surface area contributed by atoms with Crippen LogP contribution < -0.4 is 10.0 Å². The predicted molar refractivity (Wildman–Crippen MR) is 71.8 cm³/mol. The van der Waals surface area contributed by atoms with Crippen molar-refractivity contribution < 1.29 is 14.3 Å². The van der Waals surface area contributed by atoms with Crippen molar-refractivity contribution in [1.29, 1.82) is 0 Å². The molecule has 18 heavy (non-hydrogen) atoms. The highest BCUT2D eigenvalue weighted by molar-refractivity contribution is 7.80. The SMILES string of the molecule is CCCCCCOC(=O)Nc1cccc(S)[n+]1[O-]. The lowest BCUT2D eigenvalue weighted by atomic mass is 10.2. The van der Waals surface area contributed by atoms with E-state index in [0.717, 1.165) is 25.7 Å². The van der Waals surface area contributed by atoms with Crippen LogP contribution in [0.5, 0.6) is 0 Å². The van der Waals surface area contributed by atoms with Gasteiger partial charge < -0.3 is 9.94 Å². The first-order valence-electron chi connectivity index (χ1n) is 6.00. The molecular weight excluding hydrogens is 252 g/mol. The summed E-state index contributed by atoms with van der Waals surface area (Å²) in [6.45, 7) is 2.48. The van der Waals surface area contributed by atoms with Crippen LogP contribution in [0.4, 0.5) is 10.6 Å². The summed E-state index contributed by atoms with van der Waals surface area (Å²) < 4.78 is 5.49. The fourth-order valence-corrected chi connectivity index (χ4v) is 1.60. The Hall–Kier alpha value is -1.43. The van der Waals surface area contributed by atoms with Crippen LogP contribution in [0.2, 0.25) is 0 Å². The number of carbonyl (C=O) groups is 1. The molecule has 5 nitrogen and oxygen atoms in total. The van der Waals surface area contributed by atoms with Gasteiger partial charge in [-0.05, 0) is 18.6 Å². The molecule has 1 aromatic rings. The molecule has 1 N–H and O–H groups in total. The van der Waals surface area contributed by atoms with Gasteiger partial charge in [-0.25, -0.2) is 4.73 Å². The molecule has 1 amide bonds. The third kappa shape index (κ3) is 4.83. The lowest BCUT2D eigenvalue weighted by Crippen LogP contribution is -2.34. The third-order valence-electron chi connectivity index (χ3n) is 2.39. The molecule has 1 heterocycles. The van der Waals surface area contributed by atoms with Crippen LogP contribution in [0.25, 0.3) is 0 Å². The molecule has 0 fully saturated rings. The molecule has 0 atom stereocenters. The minimum Gasteiger partial charge on any atom is -0.710 e. The van der Waals surface area contributed by atoms with E-state index in [4.69, 9.17) is 4.74 Å². The van der Waals surface area contributed by atoms with Gasteiger partial charge in [0, 0.05) is 6.07 Å². The lowest BCUT2D eigenvalue weighted by molar-refractivity contribution is -0.630. The van der Waals surface area contributed by atoms with Crippen molar-refractivity contribution in [3.8, 4) is 0 Å². The number of nitrogens with one attached hydrogen (secondary N) is 1. The first-order valence-corrected chi connectivity index (χ1v) is 6.45. The Labute approximate surface area is 112 Å². The van der Waals surface area contributed by atoms with Gasteiger partial charge in [-0.1, -0.05) is 26.2 Å². The fourth-order valence-electron chi connectivity index (χ4n) is 1.41. The summed E-state index contributed by atoms with van der Waals surface area (Å²) >= 11 is 3.96. The zero-order valence-electron chi connectivity index (χ0n) is 10.4. The van der Waals surface area contributed by atoms with Crippen molar-refractivity contribution in [2.75, 3.05) is 11.9 Å². The summed E-state index contributed by atoms with van der Waals surface area (Å²) in [7, 11) is 0. The van der Waals surface area contributed by atoms with Gasteiger partial charge in [-0.3, -0.25) is 0 Å². The summed E-state index contributed by atoms with van der Waals surface area (Å²) in [5, 5.41) is 14.1. The first kappa shape index (κ1) is 14.6. The lowest BCUT2D eigenvalue weighted by Gasteiger charge is -2.09. The van der Waals surface area contributed by atoms with Crippen LogP contribution >= 0.6 is 12.6 Å². The standard InChI is InChI=1S/C12H18N2O3S/c1-2-3-4-5-9-17-12(15)13-10-7-6-8-11(18)14(10)16/h6-8,18H,2-5,9H2,1H3,(H,13,15). The Morgan fingerprint density at radius 3 is 2.94 bits per heavy atom. The maximum atomic E-state index is 11.5. The summed E-state index contributed by atoms with van der Waals surface area (Å²) in [6.07, 6.45) is 3.53. The van der Waals surface area contributed by atoms with E-state index in [0.29, 0.717) is 11.3 Å². The fraction of sp³-hybridized carbons (Fsp3) is 0.500. The Kier molecular flexibility index (Phi) is 6.35. The number of nitrogens with zero attached hydrogens (tertiary/aromatic N) is 1. The summed E-state index contributed by atoms with van der Waals surface area (Å²) in [6, 6.07) is 4.66. The van der Waals surface area contributed by atoms with Crippen molar-refractivity contribution in [2.45, 2.75) is 37.6 Å². The van der Waals surface area contributed by atoms with Gasteiger partial charge >= 0.3 is 6.09 Å². The molecule has 0 bridgehead atoms. The minimum atomic E-state index is -0.616. The van der Waals surface area contributed by atoms with Crippen LogP contribution in [-0.4, -0.2) is 12.7 Å². The van der Waals surface area contributed by atoms with Crippen molar-refractivity contribution in [2.24, 2.45) is 0 Å². The molecular formula is C12H18N2O3S. The van der Waals surface area contributed by atoms with E-state index in [1.807, 2.05) is 0 Å². The second kappa shape index (κ2) is 7.81. The van der Waals surface area contributed by atoms with Gasteiger partial charge in [-0.2, -0.15) is 10.1 Å². The summed E-state index contributed by atoms with van der Waals surface area (Å²) in [5.41, 5.74) is 0. The van der Waals surface area contributed by atoms with E-state index < -0.39 is 6.09 Å². The molecule has 0 saturated carbocycles. The molecule has 0 aliphatic carbocycles. The second-order valence-electron chi connectivity index (χ2n) is 3.89. The molecule has 0 radical (unpaired) electrons. The number of carbonyl (C=O) groups excluding carboxylic acids is 1. The van der Waals surface area contributed by atoms with E-state index in [1.54, 1.807) is 6.07 Å². The Morgan fingerprint density at radius 1 is 1.44 bits per heavy atom. The predicted octanol–water partition coefficient (Wildman–Crippen LogP) is 2.74. The highest BCUT2D eigenvalue weighted by Crippen LogP contribution is 2.06. The number of aromatic nitrogens is 1. The molecule has 0 aliphatic rings. The van der Waals surface area contributed by atoms with Gasteiger partial charge in [0.15, 0.2) is 5.03 Å². The third-order valence-corrected chi connectivity index (χ3v) is 2.72. The van der Waals surface area contributed by atoms with Gasteiger partial charge in [-0.15, -0.1) is 12.6 Å². The van der Waals surface area contributed by atoms with Gasteiger partial charge in [0.25, 0.3) is 5.82 Å². The van der Waals surface area contributed by atoms with Gasteiger partial charge in [0.05, 0.1) is 6.61 Å². The number of pyridine rings is 1. The maximum Gasteiger partial charge on any atom is 0.504 e. The molecule has 1 aromatic heterocycles. The van der Waals surface area contributed by atoms with E-state index in [-0.39, 0.29) is 10.8 Å². The molecule has 0 spiro atoms. The largest absolute Gasteiger partial charge is 0.710 e. The number of thiol groups is 1. The minimum absolute atomic E-state index is 0.112. The molecule has 0 saturated heterocycles. The highest BCUT2D eigenvalue weighted by atomic mass is 32.1. The zero-order valence-corrected chi connectivity index (χ0v) is 11.3. The number of rotatable bonds is 6. The number of amides is 1. The van der Waals surface area contributed by atoms with Gasteiger partial charge in [0.1, 0.15) is 0 Å². The van der Waals surface area contributed by atoms with Crippen molar-refractivity contribution in [1.82, 2.24) is 0 Å². The van der Waals surface area contributed by atoms with E-state index >= 15 is 0 Å². The van der Waals surface area contributed by atoms with E-state index in [2.05, 4.69) is 24.9 Å². The quantitative estimate of drug-likeness (QED) is 0.361. The first-order chi connectivity index (χ1) is 8.65. The van der Waals surface area contributed by atoms with E-state index in [1.165, 1.54) is 12.1 Å². The van der Waals surface area contributed by atoms with Crippen molar-refractivity contribution in [3.63, 3.8) is 0 Å². The Balaban J connectivity index is 2.34. The maximum absolute atomic E-state index is 11.5. The van der Waals surface area contributed by atoms with Gasteiger partial charge in [0.2, 0.25) is 0 Å². The van der Waals surface area contributed by atoms with Crippen LogP contribution in [0.3, 0.4) is 0 Å². The zero-order chi connectivity index (χ0) is 13.4. The summed E-state index contributed by atoms with van der Waals surface area (Å²) in [5.74, 6) is 0.112. The normalized spacial score (nSPS) is 10.1. The van der Waals surface area contributed by atoms with Crippen LogP contribution in [-0.2, 0) is 4.74 Å². The van der Waals surface area contributed by atoms with Crippen LogP contribution in [0.1, 0.15) is 32.6 Å². The number of ether oxygens (including phenoxy) is 1. The van der Waals surface area contributed by atoms with E-state index in [9.17, 15) is 10.0 Å². The van der Waals surface area contributed by atoms with Crippen LogP contribution in [0, 0.1) is 5.21 Å². The number of hydrogen-bond donors (Lipinski definition) is 2. The topological polar surface area (TPSA) is 65.3 Å². The second-order valence-corrected chi connectivity index (χ2v) is 4.34. The van der Waals surface area contributed by atoms with Crippen molar-refractivity contribution in [3.05, 3.63) is 23.4 Å². The summed E-state index contributed by atoms with van der Waals surface area (Å²) in [4.78, 5) is 11.4. The smallest absolute Gasteiger partial charge is 0.504 e. The molecule has 6 heteroatoms. The number of unbranched alkanes of at least 4 members (excludes halogenated alkanes) is 3. The number of hydrogen-bond acceptors (Lipinski definition) is 4. The van der Waals surface area contributed by atoms with Crippen molar-refractivity contribution >= 4 is 24.5 Å². The number of anilines is 1.